The molecular formula is C8H15NO2. The largest absolute Gasteiger partial charge is 0.466 e. The van der Waals surface area contributed by atoms with Gasteiger partial charge in [0.2, 0.25) is 0 Å². The Morgan fingerprint density at radius 1 is 1.55 bits per heavy atom. The van der Waals surface area contributed by atoms with Crippen molar-refractivity contribution in [2.75, 3.05) is 21.2 Å². The molecule has 0 saturated heterocycles. The highest BCUT2D eigenvalue weighted by atomic mass is 16.5. The van der Waals surface area contributed by atoms with Crippen LogP contribution in [0.1, 0.15) is 13.3 Å². The Balaban J connectivity index is 4.27. The van der Waals surface area contributed by atoms with Crippen molar-refractivity contribution in [2.24, 2.45) is 0 Å². The molecule has 0 N–H and O–H groups in total. The zero-order valence-electron chi connectivity index (χ0n) is 7.55. The molecule has 0 aliphatic carbocycles. The number of nitrogens with zero attached hydrogens (tertiary/aromatic N) is 1. The summed E-state index contributed by atoms with van der Waals surface area (Å²) in [4.78, 5) is 12.8. The van der Waals surface area contributed by atoms with Gasteiger partial charge in [0.1, 0.15) is 0 Å². The number of carbonyl (C=O) groups is 1. The van der Waals surface area contributed by atoms with E-state index in [0.29, 0.717) is 12.0 Å². The van der Waals surface area contributed by atoms with Gasteiger partial charge in [0, 0.05) is 20.3 Å². The van der Waals surface area contributed by atoms with Crippen molar-refractivity contribution in [1.82, 2.24) is 4.90 Å². The third-order valence-electron chi connectivity index (χ3n) is 1.24. The zero-order chi connectivity index (χ0) is 8.85. The summed E-state index contributed by atoms with van der Waals surface area (Å²) in [6.07, 6.45) is 2.47. The molecular weight excluding hydrogens is 142 g/mol. The Bertz CT molecular complexity index is 161. The second-order valence-corrected chi connectivity index (χ2v) is 2.46. The molecule has 0 aromatic heterocycles. The van der Waals surface area contributed by atoms with Gasteiger partial charge in [-0.25, -0.2) is 4.79 Å². The Kier molecular flexibility index (Phi) is 4.34. The smallest absolute Gasteiger partial charge is 0.335 e. The van der Waals surface area contributed by atoms with Crippen LogP contribution in [0.3, 0.4) is 0 Å². The molecule has 0 fully saturated rings. The highest BCUT2D eigenvalue weighted by molar-refractivity contribution is 5.88. The van der Waals surface area contributed by atoms with E-state index in [2.05, 4.69) is 4.74 Å². The van der Waals surface area contributed by atoms with Crippen LogP contribution >= 0.6 is 0 Å². The van der Waals surface area contributed by atoms with Crippen molar-refractivity contribution in [1.29, 1.82) is 0 Å². The van der Waals surface area contributed by atoms with E-state index in [1.165, 1.54) is 7.11 Å². The van der Waals surface area contributed by atoms with Crippen LogP contribution in [0.15, 0.2) is 11.8 Å². The predicted molar refractivity (Wildman–Crippen MR) is 44.1 cm³/mol. The molecule has 0 aliphatic rings. The first kappa shape index (κ1) is 10.0. The average Bonchev–Trinajstić information content (AvgIpc) is 1.98. The summed E-state index contributed by atoms with van der Waals surface area (Å²) in [5, 5.41) is 0. The molecule has 64 valence electrons. The minimum Gasteiger partial charge on any atom is -0.466 e. The van der Waals surface area contributed by atoms with Crippen LogP contribution in [0.4, 0.5) is 0 Å². The van der Waals surface area contributed by atoms with E-state index in [1.807, 2.05) is 25.9 Å². The summed E-state index contributed by atoms with van der Waals surface area (Å²) in [7, 11) is 5.14. The monoisotopic (exact) mass is 157 g/mol. The van der Waals surface area contributed by atoms with Gasteiger partial charge in [-0.05, 0) is 6.42 Å². The first-order valence-electron chi connectivity index (χ1n) is 3.57. The zero-order valence-corrected chi connectivity index (χ0v) is 7.55. The summed E-state index contributed by atoms with van der Waals surface area (Å²) < 4.78 is 4.57. The standard InChI is InChI=1S/C8H15NO2/c1-5-7(6-9(2)3)8(10)11-4/h6H,5H2,1-4H3/b7-6-. The quantitative estimate of drug-likeness (QED) is 0.452. The van der Waals surface area contributed by atoms with Crippen molar-refractivity contribution in [3.63, 3.8) is 0 Å². The lowest BCUT2D eigenvalue weighted by Crippen LogP contribution is -2.10. The van der Waals surface area contributed by atoms with E-state index in [4.69, 9.17) is 0 Å². The van der Waals surface area contributed by atoms with Crippen LogP contribution < -0.4 is 0 Å². The Hall–Kier alpha value is -0.990. The van der Waals surface area contributed by atoms with Gasteiger partial charge in [0.05, 0.1) is 12.7 Å². The summed E-state index contributed by atoms with van der Waals surface area (Å²) in [5.41, 5.74) is 0.692. The molecule has 0 rings (SSSR count). The molecule has 0 radical (unpaired) electrons. The summed E-state index contributed by atoms with van der Waals surface area (Å²) in [5.74, 6) is -0.249. The van der Waals surface area contributed by atoms with Crippen molar-refractivity contribution >= 4 is 5.97 Å². The molecule has 3 nitrogen and oxygen atoms in total. The lowest BCUT2D eigenvalue weighted by Gasteiger charge is -2.07. The minimum atomic E-state index is -0.249. The third kappa shape index (κ3) is 3.65. The SMILES string of the molecule is CC/C(=C/N(C)C)C(=O)OC. The van der Waals surface area contributed by atoms with E-state index < -0.39 is 0 Å². The number of hydrogen-bond donors (Lipinski definition) is 0. The third-order valence-corrected chi connectivity index (χ3v) is 1.24. The fraction of sp³-hybridized carbons (Fsp3) is 0.625. The maximum atomic E-state index is 11.0. The summed E-state index contributed by atoms with van der Waals surface area (Å²) in [6, 6.07) is 0. The normalized spacial score (nSPS) is 11.1. The van der Waals surface area contributed by atoms with Gasteiger partial charge in [-0.15, -0.1) is 0 Å². The van der Waals surface area contributed by atoms with Crippen LogP contribution in [0.5, 0.6) is 0 Å². The highest BCUT2D eigenvalue weighted by Gasteiger charge is 2.05. The van der Waals surface area contributed by atoms with Crippen LogP contribution in [0, 0.1) is 0 Å². The summed E-state index contributed by atoms with van der Waals surface area (Å²) >= 11 is 0. The molecule has 0 spiro atoms. The van der Waals surface area contributed by atoms with Crippen LogP contribution in [-0.4, -0.2) is 32.1 Å². The van der Waals surface area contributed by atoms with Crippen molar-refractivity contribution in [2.45, 2.75) is 13.3 Å². The maximum absolute atomic E-state index is 11.0. The Morgan fingerprint density at radius 2 is 2.09 bits per heavy atom. The van der Waals surface area contributed by atoms with Gasteiger partial charge in [0.15, 0.2) is 0 Å². The first-order valence-corrected chi connectivity index (χ1v) is 3.57. The molecule has 0 aliphatic heterocycles. The van der Waals surface area contributed by atoms with Gasteiger partial charge in [-0.2, -0.15) is 0 Å². The number of ether oxygens (including phenoxy) is 1. The van der Waals surface area contributed by atoms with Crippen LogP contribution in [0.25, 0.3) is 0 Å². The Labute approximate surface area is 67.6 Å². The van der Waals surface area contributed by atoms with E-state index in [0.717, 1.165) is 0 Å². The van der Waals surface area contributed by atoms with E-state index in [-0.39, 0.29) is 5.97 Å². The molecule has 11 heavy (non-hydrogen) atoms. The highest BCUT2D eigenvalue weighted by Crippen LogP contribution is 2.02. The second kappa shape index (κ2) is 4.77. The van der Waals surface area contributed by atoms with Crippen molar-refractivity contribution in [3.05, 3.63) is 11.8 Å². The lowest BCUT2D eigenvalue weighted by atomic mass is 10.2. The van der Waals surface area contributed by atoms with Gasteiger partial charge >= 0.3 is 5.97 Å². The molecule has 0 heterocycles. The fourth-order valence-electron chi connectivity index (χ4n) is 0.731. The molecule has 0 aromatic rings. The van der Waals surface area contributed by atoms with Gasteiger partial charge in [-0.3, -0.25) is 0 Å². The van der Waals surface area contributed by atoms with Crippen LogP contribution in [0.2, 0.25) is 0 Å². The minimum absolute atomic E-state index is 0.249. The van der Waals surface area contributed by atoms with Gasteiger partial charge < -0.3 is 9.64 Å². The van der Waals surface area contributed by atoms with Gasteiger partial charge in [0.25, 0.3) is 0 Å². The molecule has 3 heteroatoms. The van der Waals surface area contributed by atoms with Crippen LogP contribution in [-0.2, 0) is 9.53 Å². The molecule has 0 unspecified atom stereocenters. The number of rotatable bonds is 3. The average molecular weight is 157 g/mol. The number of hydrogen-bond acceptors (Lipinski definition) is 3. The van der Waals surface area contributed by atoms with Crippen molar-refractivity contribution < 1.29 is 9.53 Å². The number of carbonyl (C=O) groups excluding carboxylic acids is 1. The molecule has 0 saturated carbocycles. The predicted octanol–water partition coefficient (Wildman–Crippen LogP) is 1.01. The van der Waals surface area contributed by atoms with E-state index >= 15 is 0 Å². The lowest BCUT2D eigenvalue weighted by molar-refractivity contribution is -0.136. The molecule has 0 amide bonds. The fourth-order valence-corrected chi connectivity index (χ4v) is 0.731. The molecule has 0 atom stereocenters. The molecule has 0 aromatic carbocycles. The first-order chi connectivity index (χ1) is 5.11. The topological polar surface area (TPSA) is 29.5 Å². The second-order valence-electron chi connectivity index (χ2n) is 2.46. The van der Waals surface area contributed by atoms with E-state index in [1.54, 1.807) is 6.20 Å². The van der Waals surface area contributed by atoms with E-state index in [9.17, 15) is 4.79 Å². The maximum Gasteiger partial charge on any atom is 0.335 e. The van der Waals surface area contributed by atoms with Crippen molar-refractivity contribution in [3.8, 4) is 0 Å². The summed E-state index contributed by atoms with van der Waals surface area (Å²) in [6.45, 7) is 1.92. The van der Waals surface area contributed by atoms with Gasteiger partial charge in [-0.1, -0.05) is 6.92 Å². The Morgan fingerprint density at radius 3 is 2.36 bits per heavy atom. The molecule has 0 bridgehead atoms. The number of esters is 1. The number of methoxy groups -OCH3 is 1.